The number of ether oxygens (including phenoxy) is 1. The van der Waals surface area contributed by atoms with Gasteiger partial charge in [0.1, 0.15) is 6.42 Å². The lowest BCUT2D eigenvalue weighted by Crippen LogP contribution is -2.59. The minimum absolute atomic E-state index is 0.0564. The number of carbonyl (C=O) groups is 3. The Kier molecular flexibility index (Phi) is 7.80. The number of Topliss-reactive ketones (excluding diaryl/α,β-unsaturated/α-hetero) is 1. The molecule has 3 rings (SSSR count). The van der Waals surface area contributed by atoms with Gasteiger partial charge in [0.05, 0.1) is 11.6 Å². The zero-order valence-corrected chi connectivity index (χ0v) is 19.8. The van der Waals surface area contributed by atoms with Crippen LogP contribution in [-0.2, 0) is 9.53 Å². The number of esters is 1. The standard InChI is InChI=1S/C24H26Cl2N2O4/c1-4-32-23(30)14-22(29)20-9-8-17(12-21(20)26)24(31)28-11-10-27(15(2)16(28)3)19-7-5-6-18(25)13-19/h5-9,12-13,15-16H,4,10-11,14H2,1-3H3/t15-,16-/m0/s1. The lowest BCUT2D eigenvalue weighted by Gasteiger charge is -2.46. The Bertz CT molecular complexity index is 1030. The van der Waals surface area contributed by atoms with Gasteiger partial charge in [-0.25, -0.2) is 0 Å². The van der Waals surface area contributed by atoms with Gasteiger partial charge in [-0.05, 0) is 57.2 Å². The van der Waals surface area contributed by atoms with Gasteiger partial charge >= 0.3 is 5.97 Å². The van der Waals surface area contributed by atoms with Gasteiger partial charge in [0.25, 0.3) is 5.91 Å². The molecule has 0 bridgehead atoms. The maximum atomic E-state index is 13.2. The van der Waals surface area contributed by atoms with Crippen LogP contribution in [0.5, 0.6) is 0 Å². The summed E-state index contributed by atoms with van der Waals surface area (Å²) in [5.41, 5.74) is 1.62. The van der Waals surface area contributed by atoms with Crippen molar-refractivity contribution < 1.29 is 19.1 Å². The van der Waals surface area contributed by atoms with Crippen LogP contribution in [0.4, 0.5) is 5.69 Å². The number of rotatable bonds is 6. The lowest BCUT2D eigenvalue weighted by atomic mass is 10.0. The monoisotopic (exact) mass is 476 g/mol. The molecule has 0 aliphatic carbocycles. The van der Waals surface area contributed by atoms with E-state index in [0.29, 0.717) is 23.7 Å². The molecule has 2 aromatic carbocycles. The summed E-state index contributed by atoms with van der Waals surface area (Å²) in [7, 11) is 0. The number of amides is 1. The maximum Gasteiger partial charge on any atom is 0.313 e. The van der Waals surface area contributed by atoms with Crippen molar-refractivity contribution in [2.24, 2.45) is 0 Å². The molecule has 0 unspecified atom stereocenters. The second-order valence-electron chi connectivity index (χ2n) is 7.75. The summed E-state index contributed by atoms with van der Waals surface area (Å²) >= 11 is 12.4. The van der Waals surface area contributed by atoms with E-state index in [1.165, 1.54) is 12.1 Å². The van der Waals surface area contributed by atoms with Crippen molar-refractivity contribution in [3.05, 3.63) is 63.6 Å². The fourth-order valence-electron chi connectivity index (χ4n) is 3.93. The van der Waals surface area contributed by atoms with E-state index >= 15 is 0 Å². The predicted molar refractivity (Wildman–Crippen MR) is 126 cm³/mol. The van der Waals surface area contributed by atoms with E-state index in [4.69, 9.17) is 27.9 Å². The molecular formula is C24H26Cl2N2O4. The van der Waals surface area contributed by atoms with Gasteiger partial charge in [-0.1, -0.05) is 29.3 Å². The molecular weight excluding hydrogens is 451 g/mol. The SMILES string of the molecule is CCOC(=O)CC(=O)c1ccc(C(=O)N2CCN(c3cccc(Cl)c3)[C@@H](C)[C@@H]2C)cc1Cl. The second-order valence-corrected chi connectivity index (χ2v) is 8.60. The zero-order chi connectivity index (χ0) is 23.4. The molecule has 0 spiro atoms. The average molecular weight is 477 g/mol. The highest BCUT2D eigenvalue weighted by Crippen LogP contribution is 2.28. The molecule has 1 fully saturated rings. The fraction of sp³-hybridized carbons (Fsp3) is 0.375. The summed E-state index contributed by atoms with van der Waals surface area (Å²) < 4.78 is 4.81. The van der Waals surface area contributed by atoms with Gasteiger partial charge < -0.3 is 14.5 Å². The van der Waals surface area contributed by atoms with E-state index in [9.17, 15) is 14.4 Å². The van der Waals surface area contributed by atoms with Crippen molar-refractivity contribution in [1.82, 2.24) is 4.90 Å². The number of ketones is 1. The first-order valence-corrected chi connectivity index (χ1v) is 11.3. The van der Waals surface area contributed by atoms with Crippen molar-refractivity contribution in [2.75, 3.05) is 24.6 Å². The molecule has 1 heterocycles. The van der Waals surface area contributed by atoms with Crippen molar-refractivity contribution >= 4 is 46.5 Å². The molecule has 1 aliphatic heterocycles. The van der Waals surface area contributed by atoms with Crippen LogP contribution in [0.3, 0.4) is 0 Å². The molecule has 0 radical (unpaired) electrons. The second kappa shape index (κ2) is 10.4. The van der Waals surface area contributed by atoms with Crippen LogP contribution in [0.1, 0.15) is 47.9 Å². The molecule has 170 valence electrons. The third kappa shape index (κ3) is 5.25. The molecule has 2 aromatic rings. The Morgan fingerprint density at radius 3 is 2.44 bits per heavy atom. The van der Waals surface area contributed by atoms with Crippen molar-refractivity contribution in [3.8, 4) is 0 Å². The van der Waals surface area contributed by atoms with Gasteiger partial charge in [0.15, 0.2) is 5.78 Å². The zero-order valence-electron chi connectivity index (χ0n) is 18.3. The Hall–Kier alpha value is -2.57. The van der Waals surface area contributed by atoms with Crippen LogP contribution in [0.15, 0.2) is 42.5 Å². The molecule has 2 atom stereocenters. The Labute approximate surface area is 198 Å². The summed E-state index contributed by atoms with van der Waals surface area (Å²) in [6.45, 7) is 7.17. The summed E-state index contributed by atoms with van der Waals surface area (Å²) in [4.78, 5) is 41.2. The van der Waals surface area contributed by atoms with E-state index in [1.54, 1.807) is 13.0 Å². The average Bonchev–Trinajstić information content (AvgIpc) is 2.75. The van der Waals surface area contributed by atoms with Gasteiger partial charge in [-0.2, -0.15) is 0 Å². The predicted octanol–water partition coefficient (Wildman–Crippen LogP) is 4.87. The van der Waals surface area contributed by atoms with E-state index in [-0.39, 0.29) is 41.6 Å². The smallest absolute Gasteiger partial charge is 0.313 e. The number of carbonyl (C=O) groups excluding carboxylic acids is 3. The minimum atomic E-state index is -0.603. The normalized spacial score (nSPS) is 18.4. The first-order chi connectivity index (χ1) is 15.2. The summed E-state index contributed by atoms with van der Waals surface area (Å²) in [5.74, 6) is -1.19. The number of hydrogen-bond donors (Lipinski definition) is 0. The molecule has 1 amide bonds. The molecule has 8 heteroatoms. The van der Waals surface area contributed by atoms with E-state index in [2.05, 4.69) is 11.8 Å². The summed E-state index contributed by atoms with van der Waals surface area (Å²) in [5, 5.41) is 0.816. The molecule has 6 nitrogen and oxygen atoms in total. The third-order valence-electron chi connectivity index (χ3n) is 5.79. The lowest BCUT2D eigenvalue weighted by molar-refractivity contribution is -0.141. The topological polar surface area (TPSA) is 66.9 Å². The van der Waals surface area contributed by atoms with Crippen molar-refractivity contribution in [2.45, 2.75) is 39.3 Å². The molecule has 1 aliphatic rings. The molecule has 0 aromatic heterocycles. The van der Waals surface area contributed by atoms with Crippen LogP contribution in [-0.4, -0.2) is 54.3 Å². The number of anilines is 1. The first-order valence-electron chi connectivity index (χ1n) is 10.5. The quantitative estimate of drug-likeness (QED) is 0.338. The number of nitrogens with zero attached hydrogens (tertiary/aromatic N) is 2. The fourth-order valence-corrected chi connectivity index (χ4v) is 4.40. The maximum absolute atomic E-state index is 13.2. The Balaban J connectivity index is 1.73. The van der Waals surface area contributed by atoms with Crippen LogP contribution < -0.4 is 4.90 Å². The van der Waals surface area contributed by atoms with Crippen LogP contribution in [0.25, 0.3) is 0 Å². The Morgan fingerprint density at radius 2 is 1.78 bits per heavy atom. The molecule has 0 saturated carbocycles. The van der Waals surface area contributed by atoms with E-state index in [1.807, 2.05) is 36.1 Å². The number of hydrogen-bond acceptors (Lipinski definition) is 5. The van der Waals surface area contributed by atoms with E-state index in [0.717, 1.165) is 5.69 Å². The van der Waals surface area contributed by atoms with Gasteiger partial charge in [0.2, 0.25) is 0 Å². The van der Waals surface area contributed by atoms with Gasteiger partial charge in [0, 0.05) is 47.0 Å². The third-order valence-corrected chi connectivity index (χ3v) is 6.34. The minimum Gasteiger partial charge on any atom is -0.466 e. The first kappa shape index (κ1) is 24.1. The Morgan fingerprint density at radius 1 is 1.03 bits per heavy atom. The summed E-state index contributed by atoms with van der Waals surface area (Å²) in [6.07, 6.45) is -0.388. The number of benzene rings is 2. The van der Waals surface area contributed by atoms with Gasteiger partial charge in [-0.3, -0.25) is 14.4 Å². The molecule has 0 N–H and O–H groups in total. The molecule has 32 heavy (non-hydrogen) atoms. The van der Waals surface area contributed by atoms with Crippen LogP contribution in [0.2, 0.25) is 10.0 Å². The number of piperazine rings is 1. The largest absolute Gasteiger partial charge is 0.466 e. The van der Waals surface area contributed by atoms with Crippen LogP contribution >= 0.6 is 23.2 Å². The van der Waals surface area contributed by atoms with Gasteiger partial charge in [-0.15, -0.1) is 0 Å². The molecule has 1 saturated heterocycles. The van der Waals surface area contributed by atoms with Crippen molar-refractivity contribution in [1.29, 1.82) is 0 Å². The van der Waals surface area contributed by atoms with Crippen LogP contribution in [0, 0.1) is 0 Å². The summed E-state index contributed by atoms with van der Waals surface area (Å²) in [6, 6.07) is 12.3. The number of halogens is 2. The highest BCUT2D eigenvalue weighted by atomic mass is 35.5. The highest BCUT2D eigenvalue weighted by molar-refractivity contribution is 6.34. The van der Waals surface area contributed by atoms with Crippen molar-refractivity contribution in [3.63, 3.8) is 0 Å². The van der Waals surface area contributed by atoms with E-state index < -0.39 is 11.8 Å². The highest BCUT2D eigenvalue weighted by Gasteiger charge is 2.34.